The third-order valence-corrected chi connectivity index (χ3v) is 2.61. The summed E-state index contributed by atoms with van der Waals surface area (Å²) in [7, 11) is 0. The monoisotopic (exact) mass is 214 g/mol. The standard InChI is InChI=1S/C9H14N2O2S/c14-9-11-10-8(13-9)5-4-7-3-1-2-6-12-7/h7H,1-6H2,(H,11,14). The molecule has 0 radical (unpaired) electrons. The first-order valence-corrected chi connectivity index (χ1v) is 5.41. The van der Waals surface area contributed by atoms with Gasteiger partial charge in [-0.2, -0.15) is 0 Å². The van der Waals surface area contributed by atoms with Crippen LogP contribution in [0, 0.1) is 4.84 Å². The molecule has 2 rings (SSSR count). The lowest BCUT2D eigenvalue weighted by atomic mass is 10.0. The molecule has 0 saturated carbocycles. The molecular formula is C9H14N2O2S. The highest BCUT2D eigenvalue weighted by molar-refractivity contribution is 7.71. The number of aromatic amines is 1. The van der Waals surface area contributed by atoms with Gasteiger partial charge >= 0.3 is 0 Å². The topological polar surface area (TPSA) is 51.0 Å². The van der Waals surface area contributed by atoms with E-state index in [1.54, 1.807) is 0 Å². The molecule has 1 aliphatic rings. The number of H-pyrrole nitrogens is 1. The van der Waals surface area contributed by atoms with E-state index < -0.39 is 0 Å². The van der Waals surface area contributed by atoms with E-state index in [0.717, 1.165) is 25.9 Å². The maximum absolute atomic E-state index is 5.60. The number of aromatic nitrogens is 2. The molecule has 1 aromatic heterocycles. The summed E-state index contributed by atoms with van der Waals surface area (Å²) in [6.07, 6.45) is 5.78. The summed E-state index contributed by atoms with van der Waals surface area (Å²) >= 11 is 4.79. The van der Waals surface area contributed by atoms with Crippen LogP contribution in [0.1, 0.15) is 31.6 Å². The second kappa shape index (κ2) is 4.70. The molecule has 0 spiro atoms. The normalized spacial score (nSPS) is 22.4. The van der Waals surface area contributed by atoms with Crippen molar-refractivity contribution in [1.82, 2.24) is 10.2 Å². The van der Waals surface area contributed by atoms with Crippen LogP contribution in [0.4, 0.5) is 0 Å². The lowest BCUT2D eigenvalue weighted by Gasteiger charge is -2.21. The Balaban J connectivity index is 1.78. The second-order valence-corrected chi connectivity index (χ2v) is 3.90. The van der Waals surface area contributed by atoms with Crippen LogP contribution < -0.4 is 0 Å². The quantitative estimate of drug-likeness (QED) is 0.784. The maximum Gasteiger partial charge on any atom is 0.284 e. The fraction of sp³-hybridized carbons (Fsp3) is 0.778. The molecule has 1 atom stereocenters. The minimum absolute atomic E-state index is 0.351. The molecule has 14 heavy (non-hydrogen) atoms. The summed E-state index contributed by atoms with van der Waals surface area (Å²) in [5.74, 6) is 0.684. The molecule has 0 amide bonds. The van der Waals surface area contributed by atoms with E-state index >= 15 is 0 Å². The minimum atomic E-state index is 0.351. The van der Waals surface area contributed by atoms with E-state index in [9.17, 15) is 0 Å². The van der Waals surface area contributed by atoms with Crippen LogP contribution in [0.2, 0.25) is 0 Å². The van der Waals surface area contributed by atoms with E-state index in [4.69, 9.17) is 21.4 Å². The highest BCUT2D eigenvalue weighted by Crippen LogP contribution is 2.17. The fourth-order valence-electron chi connectivity index (χ4n) is 1.69. The van der Waals surface area contributed by atoms with Crippen molar-refractivity contribution in [1.29, 1.82) is 0 Å². The number of aryl methyl sites for hydroxylation is 1. The van der Waals surface area contributed by atoms with Gasteiger partial charge in [-0.3, -0.25) is 0 Å². The molecule has 1 saturated heterocycles. The first-order chi connectivity index (χ1) is 6.84. The van der Waals surface area contributed by atoms with Crippen LogP contribution in [0.25, 0.3) is 0 Å². The summed E-state index contributed by atoms with van der Waals surface area (Å²) in [6.45, 7) is 0.897. The van der Waals surface area contributed by atoms with Crippen LogP contribution in [0.5, 0.6) is 0 Å². The summed E-state index contributed by atoms with van der Waals surface area (Å²) in [6, 6.07) is 0. The molecule has 1 fully saturated rings. The third kappa shape index (κ3) is 2.65. The summed E-state index contributed by atoms with van der Waals surface area (Å²) in [5, 5.41) is 6.56. The molecule has 1 unspecified atom stereocenters. The number of hydrogen-bond acceptors (Lipinski definition) is 4. The molecule has 2 heterocycles. The van der Waals surface area contributed by atoms with E-state index in [-0.39, 0.29) is 0 Å². The summed E-state index contributed by atoms with van der Waals surface area (Å²) in [4.78, 5) is 0.351. The van der Waals surface area contributed by atoms with Gasteiger partial charge in [0.05, 0.1) is 6.10 Å². The lowest BCUT2D eigenvalue weighted by Crippen LogP contribution is -2.19. The molecular weight excluding hydrogens is 200 g/mol. The van der Waals surface area contributed by atoms with Crippen molar-refractivity contribution < 1.29 is 9.15 Å². The van der Waals surface area contributed by atoms with Crippen LogP contribution in [-0.2, 0) is 11.2 Å². The van der Waals surface area contributed by atoms with Crippen molar-refractivity contribution in [3.05, 3.63) is 10.7 Å². The number of ether oxygens (including phenoxy) is 1. The van der Waals surface area contributed by atoms with Crippen molar-refractivity contribution in [3.63, 3.8) is 0 Å². The van der Waals surface area contributed by atoms with Crippen molar-refractivity contribution in [2.75, 3.05) is 6.61 Å². The van der Waals surface area contributed by atoms with Gasteiger partial charge in [-0.25, -0.2) is 5.10 Å². The Morgan fingerprint density at radius 1 is 1.50 bits per heavy atom. The summed E-state index contributed by atoms with van der Waals surface area (Å²) < 4.78 is 10.8. The zero-order valence-electron chi connectivity index (χ0n) is 7.99. The van der Waals surface area contributed by atoms with Crippen LogP contribution >= 0.6 is 12.2 Å². The van der Waals surface area contributed by atoms with E-state index in [1.165, 1.54) is 12.8 Å². The molecule has 5 heteroatoms. The molecule has 4 nitrogen and oxygen atoms in total. The molecule has 0 aliphatic carbocycles. The predicted molar refractivity (Wildman–Crippen MR) is 53.6 cm³/mol. The second-order valence-electron chi connectivity index (χ2n) is 3.53. The summed E-state index contributed by atoms with van der Waals surface area (Å²) in [5.41, 5.74) is 0. The van der Waals surface area contributed by atoms with E-state index in [2.05, 4.69) is 10.2 Å². The Labute approximate surface area is 87.7 Å². The van der Waals surface area contributed by atoms with E-state index in [1.807, 2.05) is 0 Å². The lowest BCUT2D eigenvalue weighted by molar-refractivity contribution is 0.0106. The van der Waals surface area contributed by atoms with Crippen molar-refractivity contribution >= 4 is 12.2 Å². The average molecular weight is 214 g/mol. The zero-order valence-corrected chi connectivity index (χ0v) is 8.81. The first-order valence-electron chi connectivity index (χ1n) is 5.00. The van der Waals surface area contributed by atoms with Gasteiger partial charge in [-0.05, 0) is 37.9 Å². The average Bonchev–Trinajstić information content (AvgIpc) is 2.63. The Morgan fingerprint density at radius 2 is 2.43 bits per heavy atom. The van der Waals surface area contributed by atoms with Gasteiger partial charge in [-0.15, -0.1) is 5.10 Å². The largest absolute Gasteiger partial charge is 0.414 e. The molecule has 1 aromatic rings. The molecule has 1 aliphatic heterocycles. The third-order valence-electron chi connectivity index (χ3n) is 2.44. The number of nitrogens with zero attached hydrogens (tertiary/aromatic N) is 1. The Hall–Kier alpha value is -0.680. The van der Waals surface area contributed by atoms with Gasteiger partial charge in [0.15, 0.2) is 0 Å². The van der Waals surface area contributed by atoms with Crippen LogP contribution in [-0.4, -0.2) is 22.9 Å². The Kier molecular flexibility index (Phi) is 3.31. The molecule has 0 bridgehead atoms. The first kappa shape index (κ1) is 9.86. The van der Waals surface area contributed by atoms with E-state index in [0.29, 0.717) is 16.8 Å². The van der Waals surface area contributed by atoms with Crippen molar-refractivity contribution in [2.24, 2.45) is 0 Å². The van der Waals surface area contributed by atoms with Gasteiger partial charge in [0.2, 0.25) is 5.89 Å². The smallest absolute Gasteiger partial charge is 0.284 e. The predicted octanol–water partition coefficient (Wildman–Crippen LogP) is 2.23. The fourth-order valence-corrected chi connectivity index (χ4v) is 1.83. The van der Waals surface area contributed by atoms with Gasteiger partial charge < -0.3 is 9.15 Å². The minimum Gasteiger partial charge on any atom is -0.414 e. The highest BCUT2D eigenvalue weighted by atomic mass is 32.1. The zero-order chi connectivity index (χ0) is 9.80. The maximum atomic E-state index is 5.60. The molecule has 1 N–H and O–H groups in total. The van der Waals surface area contributed by atoms with Crippen LogP contribution in [0.15, 0.2) is 4.42 Å². The van der Waals surface area contributed by atoms with Crippen molar-refractivity contribution in [3.8, 4) is 0 Å². The van der Waals surface area contributed by atoms with Gasteiger partial charge in [-0.1, -0.05) is 0 Å². The van der Waals surface area contributed by atoms with Crippen molar-refractivity contribution in [2.45, 2.75) is 38.2 Å². The molecule has 0 aromatic carbocycles. The van der Waals surface area contributed by atoms with Gasteiger partial charge in [0.1, 0.15) is 0 Å². The van der Waals surface area contributed by atoms with Gasteiger partial charge in [0.25, 0.3) is 4.84 Å². The number of hydrogen-bond donors (Lipinski definition) is 1. The SMILES string of the molecule is S=c1[nH]nc(CCC2CCCCO2)o1. The Bertz CT molecular complexity index is 328. The highest BCUT2D eigenvalue weighted by Gasteiger charge is 2.14. The Morgan fingerprint density at radius 3 is 3.07 bits per heavy atom. The van der Waals surface area contributed by atoms with Crippen LogP contribution in [0.3, 0.4) is 0 Å². The van der Waals surface area contributed by atoms with Gasteiger partial charge in [0, 0.05) is 13.0 Å². The number of rotatable bonds is 3. The molecule has 78 valence electrons. The number of nitrogens with one attached hydrogen (secondary N) is 1.